The topological polar surface area (TPSA) is 161 Å². The maximum absolute atomic E-state index is 12.9. The Morgan fingerprint density at radius 2 is 1.16 bits per heavy atom. The number of quaternary nitrogens is 1. The van der Waals surface area contributed by atoms with Crippen molar-refractivity contribution < 1.29 is 56.0 Å². The van der Waals surface area contributed by atoms with Gasteiger partial charge in [0.15, 0.2) is 6.54 Å². The number of piperazine rings is 1. The number of anilines is 4. The van der Waals surface area contributed by atoms with Crippen molar-refractivity contribution >= 4 is 93.2 Å². The maximum atomic E-state index is 12.9. The molecule has 1 saturated heterocycles. The largest absolute Gasteiger partial charge is 1.00 e. The fraction of sp³-hybridized carbons (Fsp3) is 0.360. The van der Waals surface area contributed by atoms with E-state index < -0.39 is 24.0 Å². The maximum Gasteiger partial charge on any atom is 0.411 e. The minimum absolute atomic E-state index is 0. The minimum atomic E-state index is -0.796. The summed E-state index contributed by atoms with van der Waals surface area (Å²) in [6, 6.07) is 5.06. The Bertz CT molecular complexity index is 1360. The number of rotatable bonds is 8. The second kappa shape index (κ2) is 16.0. The van der Waals surface area contributed by atoms with Crippen LogP contribution >= 0.6 is 46.4 Å². The quantitative estimate of drug-likeness (QED) is 0.181. The van der Waals surface area contributed by atoms with Gasteiger partial charge in [-0.15, -0.1) is 0 Å². The van der Waals surface area contributed by atoms with E-state index in [0.717, 1.165) is 0 Å². The lowest BCUT2D eigenvalue weighted by Crippen LogP contribution is -3.00. The van der Waals surface area contributed by atoms with Crippen LogP contribution in [-0.4, -0.2) is 104 Å². The van der Waals surface area contributed by atoms with Gasteiger partial charge >= 0.3 is 18.1 Å². The number of carbonyl (C=O) groups is 4. The predicted octanol–water partition coefficient (Wildman–Crippen LogP) is 1.57. The van der Waals surface area contributed by atoms with Gasteiger partial charge in [0.2, 0.25) is 0 Å². The van der Waals surface area contributed by atoms with E-state index in [1.165, 1.54) is 38.5 Å². The highest BCUT2D eigenvalue weighted by atomic mass is 35.5. The van der Waals surface area contributed by atoms with Gasteiger partial charge in [-0.25, -0.2) is 9.59 Å². The van der Waals surface area contributed by atoms with Crippen molar-refractivity contribution in [3.8, 4) is 0 Å². The molecular weight excluding hydrogens is 690 g/mol. The molecule has 0 saturated carbocycles. The number of hydrogen-bond acceptors (Lipinski definition) is 9. The lowest BCUT2D eigenvalue weighted by molar-refractivity contribution is -0.906. The molecule has 0 spiro atoms. The highest BCUT2D eigenvalue weighted by Crippen LogP contribution is 2.36. The lowest BCUT2D eigenvalue weighted by Gasteiger charge is -2.41. The first-order chi connectivity index (χ1) is 20.2. The van der Waals surface area contributed by atoms with Crippen LogP contribution in [0.2, 0.25) is 20.1 Å². The zero-order chi connectivity index (χ0) is 32.1. The third-order valence-electron chi connectivity index (χ3n) is 6.63. The van der Waals surface area contributed by atoms with Gasteiger partial charge in [0.25, 0.3) is 5.91 Å². The van der Waals surface area contributed by atoms with Gasteiger partial charge in [0.05, 0.1) is 83.7 Å². The molecular formula is C25H29Cl5N6O8. The number of amides is 4. The van der Waals surface area contributed by atoms with Crippen molar-refractivity contribution in [2.24, 2.45) is 0 Å². The molecule has 3 rings (SSSR count). The third-order valence-corrected chi connectivity index (χ3v) is 7.82. The van der Waals surface area contributed by atoms with E-state index in [0.29, 0.717) is 36.3 Å². The number of methoxy groups -OCH3 is 2. The Balaban J connectivity index is 0.00000675. The number of likely N-dealkylation sites (N-methyl/N-ethyl adjacent to an activating group) is 1. The molecule has 2 aromatic rings. The number of nitrogens with one attached hydrogen (secondary N) is 2. The number of benzene rings is 2. The van der Waals surface area contributed by atoms with Gasteiger partial charge in [-0.2, -0.15) is 10.1 Å². The van der Waals surface area contributed by atoms with Crippen LogP contribution in [-0.2, 0) is 19.1 Å². The first-order valence-electron chi connectivity index (χ1n) is 12.5. The van der Waals surface area contributed by atoms with Crippen LogP contribution in [0.15, 0.2) is 24.3 Å². The van der Waals surface area contributed by atoms with Crippen molar-refractivity contribution in [1.29, 1.82) is 0 Å². The summed E-state index contributed by atoms with van der Waals surface area (Å²) in [5, 5.41) is 26.5. The molecule has 1 heterocycles. The van der Waals surface area contributed by atoms with Gasteiger partial charge in [-0.1, -0.05) is 46.4 Å². The Hall–Kier alpha value is -2.79. The van der Waals surface area contributed by atoms with E-state index in [-0.39, 0.29) is 72.8 Å². The monoisotopic (exact) mass is 716 g/mol. The van der Waals surface area contributed by atoms with Crippen LogP contribution in [0.5, 0.6) is 0 Å². The van der Waals surface area contributed by atoms with E-state index in [1.807, 2.05) is 7.05 Å². The van der Waals surface area contributed by atoms with E-state index >= 15 is 0 Å². The first-order valence-corrected chi connectivity index (χ1v) is 14.0. The highest BCUT2D eigenvalue weighted by molar-refractivity contribution is 6.41. The number of ether oxygens (including phenoxy) is 2. The smallest absolute Gasteiger partial charge is 0.411 e. The number of halogens is 5. The van der Waals surface area contributed by atoms with Crippen molar-refractivity contribution in [3.63, 3.8) is 0 Å². The molecule has 4 amide bonds. The summed E-state index contributed by atoms with van der Waals surface area (Å²) in [6.45, 7) is 1.50. The summed E-state index contributed by atoms with van der Waals surface area (Å²) in [7, 11) is 4.17. The average molecular weight is 719 g/mol. The van der Waals surface area contributed by atoms with Crippen molar-refractivity contribution in [3.05, 3.63) is 44.4 Å². The molecule has 0 bridgehead atoms. The second-order valence-corrected chi connectivity index (χ2v) is 11.3. The molecule has 0 aliphatic carbocycles. The molecule has 2 aromatic carbocycles. The van der Waals surface area contributed by atoms with Crippen LogP contribution in [0.25, 0.3) is 0 Å². The van der Waals surface area contributed by atoms with Gasteiger partial charge in [0.1, 0.15) is 0 Å². The number of carbonyl (C=O) groups excluding carboxylic acids is 4. The van der Waals surface area contributed by atoms with Crippen molar-refractivity contribution in [2.45, 2.75) is 0 Å². The molecule has 1 aliphatic heterocycles. The first kappa shape index (κ1) is 37.4. The Labute approximate surface area is 278 Å². The van der Waals surface area contributed by atoms with Crippen LogP contribution in [0.1, 0.15) is 0 Å². The Morgan fingerprint density at radius 1 is 0.795 bits per heavy atom. The van der Waals surface area contributed by atoms with Crippen LogP contribution in [0.3, 0.4) is 0 Å². The SMILES string of the molecule is COC(=O)Nc1c(Cl)cc(N(O)C(=O)CN2CC[N+](C)(CC(=O)N(O)c3cc(Cl)c(NC(=O)OC)c(Cl)c3)CC2)cc1Cl.[Cl-]. The molecule has 242 valence electrons. The average Bonchev–Trinajstić information content (AvgIpc) is 2.96. The summed E-state index contributed by atoms with van der Waals surface area (Å²) in [6.07, 6.45) is -1.59. The normalized spacial score (nSPS) is 14.1. The Morgan fingerprint density at radius 3 is 1.52 bits per heavy atom. The van der Waals surface area contributed by atoms with E-state index in [4.69, 9.17) is 46.4 Å². The summed E-state index contributed by atoms with van der Waals surface area (Å²) in [5.41, 5.74) is 0.118. The van der Waals surface area contributed by atoms with E-state index in [2.05, 4.69) is 20.1 Å². The molecule has 0 radical (unpaired) electrons. The van der Waals surface area contributed by atoms with Gasteiger partial charge in [0, 0.05) is 13.1 Å². The standard InChI is InChI=1S/C25H28Cl4N6O8.ClH/c1-35(13-21(37)34(41)15-10-18(28)23(19(29)11-15)31-25(39)43-3)6-4-32(5-7-35)12-20(36)33(40)14-8-16(26)22(17(27)9-14)30-24(38)42-2;/h8-11,40-41H,4-7,12-13H2,1-3H3,(H-,30,31,38,39);1H. The number of nitrogens with zero attached hydrogens (tertiary/aromatic N) is 4. The molecule has 14 nitrogen and oxygen atoms in total. The van der Waals surface area contributed by atoms with Crippen molar-refractivity contribution in [2.75, 3.05) is 81.3 Å². The zero-order valence-electron chi connectivity index (χ0n) is 23.6. The van der Waals surface area contributed by atoms with E-state index in [9.17, 15) is 29.6 Å². The molecule has 1 aliphatic rings. The number of hydrogen-bond donors (Lipinski definition) is 4. The predicted molar refractivity (Wildman–Crippen MR) is 161 cm³/mol. The highest BCUT2D eigenvalue weighted by Gasteiger charge is 2.34. The second-order valence-electron chi connectivity index (χ2n) is 9.71. The van der Waals surface area contributed by atoms with Gasteiger partial charge in [-0.05, 0) is 24.3 Å². The molecule has 1 fully saturated rings. The molecule has 4 N–H and O–H groups in total. The van der Waals surface area contributed by atoms with Gasteiger partial charge < -0.3 is 26.4 Å². The molecule has 44 heavy (non-hydrogen) atoms. The van der Waals surface area contributed by atoms with Crippen LogP contribution in [0, 0.1) is 0 Å². The minimum Gasteiger partial charge on any atom is -1.00 e. The summed E-state index contributed by atoms with van der Waals surface area (Å²) >= 11 is 24.7. The molecule has 19 heteroatoms. The molecule has 0 atom stereocenters. The van der Waals surface area contributed by atoms with E-state index in [1.54, 1.807) is 4.90 Å². The summed E-state index contributed by atoms with van der Waals surface area (Å²) in [4.78, 5) is 50.5. The fourth-order valence-electron chi connectivity index (χ4n) is 4.15. The molecule has 0 aromatic heterocycles. The lowest BCUT2D eigenvalue weighted by atomic mass is 10.2. The van der Waals surface area contributed by atoms with Crippen LogP contribution < -0.4 is 33.2 Å². The van der Waals surface area contributed by atoms with Crippen molar-refractivity contribution in [1.82, 2.24) is 4.90 Å². The summed E-state index contributed by atoms with van der Waals surface area (Å²) in [5.74, 6) is -1.29. The fourth-order valence-corrected chi connectivity index (χ4v) is 5.29. The zero-order valence-corrected chi connectivity index (χ0v) is 27.4. The number of hydroxylamine groups is 2. The van der Waals surface area contributed by atoms with Gasteiger partial charge in [-0.3, -0.25) is 35.5 Å². The summed E-state index contributed by atoms with van der Waals surface area (Å²) < 4.78 is 9.29. The molecule has 0 unspecified atom stereocenters. The third kappa shape index (κ3) is 9.36. The Kier molecular flexibility index (Phi) is 13.6. The van der Waals surface area contributed by atoms with Crippen LogP contribution in [0.4, 0.5) is 32.3 Å².